The molecular weight excluding hydrogens is 510 g/mol. The van der Waals surface area contributed by atoms with Crippen molar-refractivity contribution in [2.45, 2.75) is 32.4 Å². The van der Waals surface area contributed by atoms with Crippen molar-refractivity contribution in [3.8, 4) is 0 Å². The van der Waals surface area contributed by atoms with E-state index in [1.54, 1.807) is 6.92 Å². The molecule has 192 valence electrons. The first-order valence-electron chi connectivity index (χ1n) is 11.1. The Morgan fingerprint density at radius 1 is 1.22 bits per heavy atom. The van der Waals surface area contributed by atoms with Gasteiger partial charge in [0.05, 0.1) is 24.0 Å². The fraction of sp³-hybridized carbons (Fsp3) is 0.611. The number of nitrogens with zero attached hydrogens (tertiary/aromatic N) is 2. The lowest BCUT2D eigenvalue weighted by Crippen LogP contribution is -2.63. The van der Waals surface area contributed by atoms with Crippen LogP contribution in [0.25, 0.3) is 0 Å². The largest absolute Gasteiger partial charge is 0.428 e. The molecule has 0 aromatic rings. The van der Waals surface area contributed by atoms with Gasteiger partial charge in [0.15, 0.2) is 16.0 Å². The molecule has 0 spiro atoms. The van der Waals surface area contributed by atoms with Crippen molar-refractivity contribution >= 4 is 63.7 Å². The van der Waals surface area contributed by atoms with Crippen molar-refractivity contribution in [3.05, 3.63) is 11.3 Å². The highest BCUT2D eigenvalue weighted by atomic mass is 31.1. The fourth-order valence-electron chi connectivity index (χ4n) is 4.86. The second-order valence-corrected chi connectivity index (χ2v) is 10.0. The molecule has 3 aliphatic rings. The van der Waals surface area contributed by atoms with Gasteiger partial charge in [0.25, 0.3) is 0 Å². The summed E-state index contributed by atoms with van der Waals surface area (Å²) in [5, 5.41) is 22.2. The molecule has 7 atom stereocenters. The molecule has 14 nitrogen and oxygen atoms in total. The lowest BCUT2D eigenvalue weighted by molar-refractivity contribution is -0.162. The molecule has 2 saturated heterocycles. The summed E-state index contributed by atoms with van der Waals surface area (Å²) < 4.78 is 9.77. The highest BCUT2D eigenvalue weighted by molar-refractivity contribution is 7.32. The standard InChI is InChI=1S/C18H27B2N7O7P2/c1-7-10(13(16(31)33-35-24-19)27-12(7)11(8(2)28)15(27)30)6-26-4-3-9(5-26)14(29)22-17(21)23-18(32)34-36-25-20/h7-9,11-12,24-25,28,35-36H,3-6H2,1-2H3,(H3,21,22,23,29,32)/t7-,8+,9-,11?,12+/m0/s1. The Hall–Kier alpha value is -2.08. The summed E-state index contributed by atoms with van der Waals surface area (Å²) in [7, 11) is 9.23. The summed E-state index contributed by atoms with van der Waals surface area (Å²) in [5.41, 5.74) is 0.845. The number of fused-ring (bicyclic) bond motifs is 1. The summed E-state index contributed by atoms with van der Waals surface area (Å²) >= 11 is 0. The van der Waals surface area contributed by atoms with Gasteiger partial charge in [-0.05, 0) is 25.5 Å². The van der Waals surface area contributed by atoms with E-state index in [0.717, 1.165) is 0 Å². The van der Waals surface area contributed by atoms with Gasteiger partial charge < -0.3 is 29.1 Å². The lowest BCUT2D eigenvalue weighted by Gasteiger charge is -2.46. The number of aliphatic hydroxyl groups is 1. The van der Waals surface area contributed by atoms with Crippen LogP contribution >= 0.6 is 17.9 Å². The van der Waals surface area contributed by atoms with Crippen LogP contribution in [0.2, 0.25) is 0 Å². The topological polar surface area (TPSA) is 185 Å². The van der Waals surface area contributed by atoms with E-state index >= 15 is 0 Å². The highest BCUT2D eigenvalue weighted by Crippen LogP contribution is 2.48. The second-order valence-electron chi connectivity index (χ2n) is 8.61. The first-order chi connectivity index (χ1) is 17.1. The average Bonchev–Trinajstić information content (AvgIpc) is 3.37. The van der Waals surface area contributed by atoms with Gasteiger partial charge in [-0.1, -0.05) is 6.92 Å². The Kier molecular flexibility index (Phi) is 9.85. The quantitative estimate of drug-likeness (QED) is 0.0639. The molecule has 4 radical (unpaired) electrons. The van der Waals surface area contributed by atoms with Crippen LogP contribution in [-0.4, -0.2) is 92.5 Å². The van der Waals surface area contributed by atoms with E-state index < -0.39 is 59.8 Å². The lowest BCUT2D eigenvalue weighted by atomic mass is 9.77. The van der Waals surface area contributed by atoms with Gasteiger partial charge in [-0.25, -0.2) is 9.59 Å². The molecule has 0 saturated carbocycles. The molecule has 6 N–H and O–H groups in total. The monoisotopic (exact) mass is 537 g/mol. The van der Waals surface area contributed by atoms with Crippen LogP contribution in [0.3, 0.4) is 0 Å². The van der Waals surface area contributed by atoms with Gasteiger partial charge in [-0.2, -0.15) is 0 Å². The van der Waals surface area contributed by atoms with E-state index in [2.05, 4.69) is 25.2 Å². The Morgan fingerprint density at radius 3 is 2.53 bits per heavy atom. The van der Waals surface area contributed by atoms with Crippen LogP contribution in [0.4, 0.5) is 4.79 Å². The molecule has 0 aromatic heterocycles. The van der Waals surface area contributed by atoms with E-state index in [1.165, 1.54) is 4.90 Å². The summed E-state index contributed by atoms with van der Waals surface area (Å²) in [6.45, 7) is 4.63. The van der Waals surface area contributed by atoms with E-state index in [-0.39, 0.29) is 23.6 Å². The minimum absolute atomic E-state index is 0.155. The van der Waals surface area contributed by atoms with Gasteiger partial charge in [-0.15, -0.1) is 0 Å². The summed E-state index contributed by atoms with van der Waals surface area (Å²) in [6, 6.07) is -0.354. The first kappa shape index (κ1) is 28.5. The van der Waals surface area contributed by atoms with Gasteiger partial charge in [0.2, 0.25) is 17.8 Å². The Labute approximate surface area is 214 Å². The molecule has 2 fully saturated rings. The molecule has 3 aliphatic heterocycles. The Balaban J connectivity index is 1.65. The summed E-state index contributed by atoms with van der Waals surface area (Å²) in [4.78, 5) is 57.4. The maximum Gasteiger partial charge on any atom is 0.417 e. The zero-order valence-electron chi connectivity index (χ0n) is 19.7. The molecule has 3 rings (SSSR count). The van der Waals surface area contributed by atoms with Crippen LogP contribution in [-0.2, 0) is 23.4 Å². The molecule has 3 heterocycles. The fourth-order valence-corrected chi connectivity index (χ4v) is 5.31. The molecule has 18 heteroatoms. The van der Waals surface area contributed by atoms with Crippen LogP contribution in [0.15, 0.2) is 11.3 Å². The van der Waals surface area contributed by atoms with Crippen molar-refractivity contribution in [3.63, 3.8) is 0 Å². The minimum atomic E-state index is -0.939. The van der Waals surface area contributed by atoms with Crippen LogP contribution in [0, 0.1) is 23.2 Å². The molecule has 0 bridgehead atoms. The maximum atomic E-state index is 12.8. The number of carbonyl (C=O) groups excluding carboxylic acids is 4. The minimum Gasteiger partial charge on any atom is -0.428 e. The number of nitrogens with one attached hydrogen (secondary N) is 5. The van der Waals surface area contributed by atoms with Crippen LogP contribution in [0.5, 0.6) is 0 Å². The van der Waals surface area contributed by atoms with Crippen LogP contribution in [0.1, 0.15) is 20.3 Å². The Morgan fingerprint density at radius 2 is 1.89 bits per heavy atom. The normalized spacial score (nSPS) is 26.9. The first-order valence-corrected chi connectivity index (χ1v) is 12.9. The molecule has 3 unspecified atom stereocenters. The molecule has 3 amide bonds. The number of rotatable bonds is 9. The number of hydrogen-bond acceptors (Lipinski definition) is 11. The SMILES string of the molecule is [B]NPOC(=O)NC(=N)NC(=O)[C@H]1CCN(CC2=C(C(=O)OPN[B])N3C(=O)C([C@@H](C)O)[C@H]3[C@H]2C)C1. The zero-order chi connectivity index (χ0) is 26.6. The second kappa shape index (κ2) is 12.4. The zero-order valence-corrected chi connectivity index (χ0v) is 21.7. The van der Waals surface area contributed by atoms with Gasteiger partial charge in [0.1, 0.15) is 23.6 Å². The van der Waals surface area contributed by atoms with E-state index in [9.17, 15) is 24.3 Å². The number of likely N-dealkylation sites (tertiary alicyclic amines) is 1. The number of carbonyl (C=O) groups is 4. The van der Waals surface area contributed by atoms with E-state index in [1.807, 2.05) is 11.8 Å². The van der Waals surface area contributed by atoms with Crippen molar-refractivity contribution < 1.29 is 33.3 Å². The van der Waals surface area contributed by atoms with Crippen molar-refractivity contribution in [1.29, 1.82) is 5.41 Å². The number of amides is 3. The number of guanidine groups is 1. The third-order valence-corrected chi connectivity index (χ3v) is 7.24. The van der Waals surface area contributed by atoms with Crippen molar-refractivity contribution in [2.24, 2.45) is 17.8 Å². The summed E-state index contributed by atoms with van der Waals surface area (Å²) in [5.74, 6) is -3.27. The number of β-lactam (4-membered cyclic amide) rings is 1. The van der Waals surface area contributed by atoms with E-state index in [4.69, 9.17) is 25.9 Å². The van der Waals surface area contributed by atoms with Crippen molar-refractivity contribution in [1.82, 2.24) is 30.4 Å². The molecular formula is C18H27B2N7O7P2. The van der Waals surface area contributed by atoms with Gasteiger partial charge in [-0.3, -0.25) is 30.5 Å². The third-order valence-electron chi connectivity index (χ3n) is 6.43. The maximum absolute atomic E-state index is 12.8. The van der Waals surface area contributed by atoms with Gasteiger partial charge in [0, 0.05) is 19.0 Å². The smallest absolute Gasteiger partial charge is 0.417 e. The molecule has 36 heavy (non-hydrogen) atoms. The van der Waals surface area contributed by atoms with Crippen LogP contribution < -0.4 is 20.6 Å². The molecule has 0 aromatic carbocycles. The van der Waals surface area contributed by atoms with Crippen molar-refractivity contribution in [2.75, 3.05) is 19.6 Å². The predicted molar refractivity (Wildman–Crippen MR) is 133 cm³/mol. The predicted octanol–water partition coefficient (Wildman–Crippen LogP) is -1.90. The van der Waals surface area contributed by atoms with Gasteiger partial charge >= 0.3 is 12.1 Å². The highest BCUT2D eigenvalue weighted by Gasteiger charge is 2.60. The number of aliphatic hydroxyl groups excluding tert-OH is 1. The third kappa shape index (κ3) is 6.07. The van der Waals surface area contributed by atoms with E-state index in [0.29, 0.717) is 31.6 Å². The number of hydrogen-bond donors (Lipinski definition) is 6. The molecule has 0 aliphatic carbocycles. The average molecular weight is 537 g/mol. The Bertz CT molecular complexity index is 957. The summed E-state index contributed by atoms with van der Waals surface area (Å²) in [6.07, 6.45) is -1.31.